The second kappa shape index (κ2) is 6.71. The van der Waals surface area contributed by atoms with Gasteiger partial charge in [-0.25, -0.2) is 9.18 Å². The minimum atomic E-state index is -4.79. The topological polar surface area (TPSA) is 81.4 Å². The van der Waals surface area contributed by atoms with Crippen molar-refractivity contribution in [1.29, 1.82) is 0 Å². The number of ether oxygens (including phenoxy) is 1. The molecule has 134 valence electrons. The lowest BCUT2D eigenvalue weighted by atomic mass is 10.2. The van der Waals surface area contributed by atoms with E-state index in [-0.39, 0.29) is 5.75 Å². The average molecular weight is 381 g/mol. The highest BCUT2D eigenvalue weighted by Gasteiger charge is 2.34. The van der Waals surface area contributed by atoms with Crippen molar-refractivity contribution in [2.45, 2.75) is 18.7 Å². The molecule has 2 rings (SSSR count). The number of carboxylic acid groups (broad SMARTS) is 1. The zero-order chi connectivity index (χ0) is 18.9. The van der Waals surface area contributed by atoms with E-state index in [1.807, 2.05) is 0 Å². The first-order valence-electron chi connectivity index (χ1n) is 6.52. The van der Waals surface area contributed by atoms with Gasteiger partial charge in [0.05, 0.1) is 11.8 Å². The van der Waals surface area contributed by atoms with E-state index in [1.54, 1.807) is 0 Å². The number of nitrogens with zero attached hydrogens (tertiary/aromatic N) is 2. The largest absolute Gasteiger partial charge is 0.478 e. The number of alkyl halides is 4. The van der Waals surface area contributed by atoms with Crippen molar-refractivity contribution >= 4 is 17.6 Å². The Morgan fingerprint density at radius 1 is 1.40 bits per heavy atom. The standard InChI is InChI=1S/C14H9ClF4N2O4/c1-6-8(14(17,18)19)5-20-21(12(6)22)10-4-7(2-3-9(10)16)25-11(15)13(23)24/h2-5,11H,1H3,(H,23,24). The fourth-order valence-corrected chi connectivity index (χ4v) is 2.00. The first-order valence-corrected chi connectivity index (χ1v) is 6.95. The number of hydrogen-bond acceptors (Lipinski definition) is 4. The lowest BCUT2D eigenvalue weighted by molar-refractivity contribution is -0.141. The van der Waals surface area contributed by atoms with E-state index >= 15 is 0 Å². The highest BCUT2D eigenvalue weighted by molar-refractivity contribution is 6.28. The third-order valence-electron chi connectivity index (χ3n) is 3.10. The van der Waals surface area contributed by atoms with Crippen LogP contribution in [0.5, 0.6) is 5.75 Å². The first kappa shape index (κ1) is 18.7. The van der Waals surface area contributed by atoms with Gasteiger partial charge in [-0.2, -0.15) is 23.0 Å². The molecule has 1 N–H and O–H groups in total. The van der Waals surface area contributed by atoms with Crippen molar-refractivity contribution in [1.82, 2.24) is 9.78 Å². The van der Waals surface area contributed by atoms with E-state index < -0.39 is 45.9 Å². The molecular formula is C14H9ClF4N2O4. The van der Waals surface area contributed by atoms with Crippen molar-refractivity contribution in [2.75, 3.05) is 0 Å². The molecule has 0 aliphatic carbocycles. The second-order valence-corrected chi connectivity index (χ2v) is 5.18. The molecule has 6 nitrogen and oxygen atoms in total. The SMILES string of the molecule is Cc1c(C(F)(F)F)cnn(-c2cc(OC(Cl)C(=O)O)ccc2F)c1=O. The van der Waals surface area contributed by atoms with Crippen LogP contribution in [-0.4, -0.2) is 26.4 Å². The quantitative estimate of drug-likeness (QED) is 0.651. The summed E-state index contributed by atoms with van der Waals surface area (Å²) in [5, 5.41) is 12.0. The maximum Gasteiger partial charge on any atom is 0.418 e. The molecule has 2 aromatic rings. The van der Waals surface area contributed by atoms with Crippen LogP contribution in [0.4, 0.5) is 17.6 Å². The Hall–Kier alpha value is -2.62. The number of aliphatic carboxylic acids is 1. The molecule has 0 bridgehead atoms. The van der Waals surface area contributed by atoms with Gasteiger partial charge in [0.15, 0.2) is 0 Å². The van der Waals surface area contributed by atoms with Crippen LogP contribution in [0.2, 0.25) is 0 Å². The molecule has 0 aliphatic heterocycles. The van der Waals surface area contributed by atoms with E-state index in [9.17, 15) is 27.2 Å². The molecule has 0 spiro atoms. The summed E-state index contributed by atoms with van der Waals surface area (Å²) in [5.74, 6) is -2.71. The summed E-state index contributed by atoms with van der Waals surface area (Å²) in [6.45, 7) is 0.931. The lowest BCUT2D eigenvalue weighted by Gasteiger charge is -2.14. The van der Waals surface area contributed by atoms with Crippen molar-refractivity contribution in [3.8, 4) is 11.4 Å². The third-order valence-corrected chi connectivity index (χ3v) is 3.38. The fraction of sp³-hybridized carbons (Fsp3) is 0.214. The number of rotatable bonds is 4. The summed E-state index contributed by atoms with van der Waals surface area (Å²) >= 11 is 5.39. The average Bonchev–Trinajstić information content (AvgIpc) is 2.50. The summed E-state index contributed by atoms with van der Waals surface area (Å²) in [6.07, 6.45) is -4.39. The molecule has 11 heteroatoms. The fourth-order valence-electron chi connectivity index (χ4n) is 1.89. The molecular weight excluding hydrogens is 372 g/mol. The molecule has 1 atom stereocenters. The highest BCUT2D eigenvalue weighted by atomic mass is 35.5. The van der Waals surface area contributed by atoms with Gasteiger partial charge in [-0.1, -0.05) is 11.6 Å². The lowest BCUT2D eigenvalue weighted by Crippen LogP contribution is -2.28. The van der Waals surface area contributed by atoms with Gasteiger partial charge in [0.25, 0.3) is 11.1 Å². The van der Waals surface area contributed by atoms with Gasteiger partial charge in [0.2, 0.25) is 0 Å². The van der Waals surface area contributed by atoms with Gasteiger partial charge in [-0.15, -0.1) is 0 Å². The van der Waals surface area contributed by atoms with E-state index in [0.717, 1.165) is 25.1 Å². The zero-order valence-electron chi connectivity index (χ0n) is 12.3. The van der Waals surface area contributed by atoms with Crippen LogP contribution in [0.1, 0.15) is 11.1 Å². The predicted molar refractivity (Wildman–Crippen MR) is 77.4 cm³/mol. The maximum absolute atomic E-state index is 14.0. The van der Waals surface area contributed by atoms with Crippen LogP contribution in [0.3, 0.4) is 0 Å². The van der Waals surface area contributed by atoms with Gasteiger partial charge >= 0.3 is 12.1 Å². The van der Waals surface area contributed by atoms with Crippen LogP contribution >= 0.6 is 11.6 Å². The minimum absolute atomic E-state index is 0.218. The molecule has 1 aromatic heterocycles. The molecule has 1 unspecified atom stereocenters. The van der Waals surface area contributed by atoms with Crippen LogP contribution in [0, 0.1) is 12.7 Å². The molecule has 1 aromatic carbocycles. The Kier molecular flexibility index (Phi) is 5.02. The van der Waals surface area contributed by atoms with Gasteiger partial charge in [0, 0.05) is 11.6 Å². The number of carboxylic acids is 1. The summed E-state index contributed by atoms with van der Waals surface area (Å²) in [4.78, 5) is 22.8. The Balaban J connectivity index is 2.54. The summed E-state index contributed by atoms with van der Waals surface area (Å²) < 4.78 is 57.5. The second-order valence-electron chi connectivity index (χ2n) is 4.78. The summed E-state index contributed by atoms with van der Waals surface area (Å²) in [7, 11) is 0. The Bertz CT molecular complexity index is 882. The number of aromatic nitrogens is 2. The van der Waals surface area contributed by atoms with Gasteiger partial charge in [-0.05, 0) is 19.1 Å². The van der Waals surface area contributed by atoms with Crippen LogP contribution in [-0.2, 0) is 11.0 Å². The van der Waals surface area contributed by atoms with Crippen molar-refractivity contribution in [3.63, 3.8) is 0 Å². The number of carbonyl (C=O) groups is 1. The van der Waals surface area contributed by atoms with Crippen molar-refractivity contribution < 1.29 is 32.2 Å². The molecule has 25 heavy (non-hydrogen) atoms. The van der Waals surface area contributed by atoms with Crippen LogP contribution in [0.25, 0.3) is 5.69 Å². The third kappa shape index (κ3) is 3.90. The molecule has 0 amide bonds. The van der Waals surface area contributed by atoms with Crippen LogP contribution < -0.4 is 10.3 Å². The normalized spacial score (nSPS) is 12.7. The number of halogens is 5. The number of benzene rings is 1. The minimum Gasteiger partial charge on any atom is -0.478 e. The maximum atomic E-state index is 14.0. The zero-order valence-corrected chi connectivity index (χ0v) is 13.1. The van der Waals surface area contributed by atoms with E-state index in [4.69, 9.17) is 21.4 Å². The number of hydrogen-bond donors (Lipinski definition) is 1. The molecule has 0 radical (unpaired) electrons. The first-order chi connectivity index (χ1) is 11.5. The van der Waals surface area contributed by atoms with E-state index in [2.05, 4.69) is 5.10 Å². The monoisotopic (exact) mass is 380 g/mol. The molecule has 1 heterocycles. The Morgan fingerprint density at radius 3 is 2.60 bits per heavy atom. The summed E-state index contributed by atoms with van der Waals surface area (Å²) in [5.41, 5.74) is -5.40. The van der Waals surface area contributed by atoms with Gasteiger partial charge < -0.3 is 9.84 Å². The summed E-state index contributed by atoms with van der Waals surface area (Å²) in [6, 6.07) is 2.77. The van der Waals surface area contributed by atoms with E-state index in [1.165, 1.54) is 0 Å². The van der Waals surface area contributed by atoms with Crippen LogP contribution in [0.15, 0.2) is 29.2 Å². The molecule has 0 fully saturated rings. The van der Waals surface area contributed by atoms with Gasteiger partial charge in [0.1, 0.15) is 17.3 Å². The highest BCUT2D eigenvalue weighted by Crippen LogP contribution is 2.30. The van der Waals surface area contributed by atoms with Gasteiger partial charge in [-0.3, -0.25) is 4.79 Å². The predicted octanol–water partition coefficient (Wildman–Crippen LogP) is 2.73. The van der Waals surface area contributed by atoms with Crippen molar-refractivity contribution in [2.24, 2.45) is 0 Å². The van der Waals surface area contributed by atoms with E-state index in [0.29, 0.717) is 10.9 Å². The Labute approximate surface area is 142 Å². The van der Waals surface area contributed by atoms with Crippen molar-refractivity contribution in [3.05, 3.63) is 51.7 Å². The molecule has 0 aliphatic rings. The Morgan fingerprint density at radius 2 is 2.04 bits per heavy atom. The molecule has 0 saturated heterocycles. The molecule has 0 saturated carbocycles. The smallest absolute Gasteiger partial charge is 0.418 e.